The van der Waals surface area contributed by atoms with Crippen molar-refractivity contribution in [2.75, 3.05) is 19.1 Å². The number of amides is 1. The smallest absolute Gasteiger partial charge is 0.301 e. The number of methoxy groups -OCH3 is 2. The Bertz CT molecular complexity index is 1540. The maximum absolute atomic E-state index is 13.5. The van der Waals surface area contributed by atoms with Crippen molar-refractivity contribution in [1.82, 2.24) is 4.98 Å². The molecule has 1 fully saturated rings. The average molecular weight is 501 g/mol. The van der Waals surface area contributed by atoms with Gasteiger partial charge in [-0.15, -0.1) is 0 Å². The molecule has 8 heteroatoms. The van der Waals surface area contributed by atoms with Crippen molar-refractivity contribution in [1.29, 1.82) is 0 Å². The summed E-state index contributed by atoms with van der Waals surface area (Å²) in [6.07, 6.45) is 0. The Balaban J connectivity index is 1.75. The van der Waals surface area contributed by atoms with Crippen molar-refractivity contribution in [3.8, 4) is 11.5 Å². The fourth-order valence-corrected chi connectivity index (χ4v) is 5.50. The summed E-state index contributed by atoms with van der Waals surface area (Å²) in [5.74, 6) is -0.805. The predicted octanol–water partition coefficient (Wildman–Crippen LogP) is 5.56. The number of benzene rings is 3. The van der Waals surface area contributed by atoms with Gasteiger partial charge < -0.3 is 14.6 Å². The molecule has 0 saturated carbocycles. The zero-order chi connectivity index (χ0) is 25.6. The van der Waals surface area contributed by atoms with Crippen molar-refractivity contribution < 1.29 is 24.2 Å². The lowest BCUT2D eigenvalue weighted by Gasteiger charge is -2.23. The van der Waals surface area contributed by atoms with Gasteiger partial charge in [0.25, 0.3) is 5.78 Å². The fourth-order valence-electron chi connectivity index (χ4n) is 4.41. The Labute approximate surface area is 212 Å². The van der Waals surface area contributed by atoms with Crippen LogP contribution in [0.1, 0.15) is 28.3 Å². The molecule has 1 atom stereocenters. The number of ether oxygens (including phenoxy) is 2. The van der Waals surface area contributed by atoms with E-state index < -0.39 is 17.7 Å². The summed E-state index contributed by atoms with van der Waals surface area (Å²) >= 11 is 1.33. The molecule has 36 heavy (non-hydrogen) atoms. The van der Waals surface area contributed by atoms with E-state index in [0.717, 1.165) is 21.3 Å². The fraction of sp³-hybridized carbons (Fsp3) is 0.179. The maximum Gasteiger partial charge on any atom is 0.301 e. The zero-order valence-electron chi connectivity index (χ0n) is 20.2. The first-order valence-electron chi connectivity index (χ1n) is 11.3. The molecular formula is C28H24N2O5S. The molecule has 0 aliphatic carbocycles. The highest BCUT2D eigenvalue weighted by Gasteiger charge is 2.48. The summed E-state index contributed by atoms with van der Waals surface area (Å²) in [4.78, 5) is 33.0. The number of carbonyl (C=O) groups excluding carboxylic acids is 2. The Hall–Kier alpha value is -4.17. The van der Waals surface area contributed by atoms with E-state index in [4.69, 9.17) is 9.47 Å². The van der Waals surface area contributed by atoms with Crippen LogP contribution in [0.2, 0.25) is 0 Å². The van der Waals surface area contributed by atoms with Gasteiger partial charge in [0.2, 0.25) is 0 Å². The quantitative estimate of drug-likeness (QED) is 0.219. The molecule has 182 valence electrons. The van der Waals surface area contributed by atoms with Gasteiger partial charge in [0, 0.05) is 0 Å². The minimum absolute atomic E-state index is 0.0236. The lowest BCUT2D eigenvalue weighted by atomic mass is 9.94. The third-order valence-electron chi connectivity index (χ3n) is 6.22. The molecule has 2 heterocycles. The van der Waals surface area contributed by atoms with Crippen LogP contribution >= 0.6 is 11.3 Å². The van der Waals surface area contributed by atoms with Crippen LogP contribution in [0.3, 0.4) is 0 Å². The van der Waals surface area contributed by atoms with Gasteiger partial charge in [0.15, 0.2) is 5.13 Å². The van der Waals surface area contributed by atoms with Crippen LogP contribution < -0.4 is 14.4 Å². The monoisotopic (exact) mass is 500 g/mol. The number of anilines is 1. The second kappa shape index (κ2) is 9.13. The van der Waals surface area contributed by atoms with E-state index in [1.165, 1.54) is 23.3 Å². The number of ketones is 1. The van der Waals surface area contributed by atoms with Crippen molar-refractivity contribution >= 4 is 44.1 Å². The third kappa shape index (κ3) is 3.89. The lowest BCUT2D eigenvalue weighted by molar-refractivity contribution is -0.132. The van der Waals surface area contributed by atoms with Gasteiger partial charge in [-0.25, -0.2) is 4.98 Å². The molecule has 1 aliphatic rings. The van der Waals surface area contributed by atoms with Crippen LogP contribution in [0.5, 0.6) is 11.5 Å². The molecule has 1 aromatic heterocycles. The van der Waals surface area contributed by atoms with E-state index in [2.05, 4.69) is 4.98 Å². The van der Waals surface area contributed by atoms with Crippen LogP contribution in [-0.4, -0.2) is 36.0 Å². The number of aromatic nitrogens is 1. The van der Waals surface area contributed by atoms with Crippen LogP contribution in [0.15, 0.2) is 66.2 Å². The van der Waals surface area contributed by atoms with E-state index in [-0.39, 0.29) is 11.3 Å². The van der Waals surface area contributed by atoms with Gasteiger partial charge in [0.1, 0.15) is 17.3 Å². The minimum atomic E-state index is -0.886. The first kappa shape index (κ1) is 23.6. The summed E-state index contributed by atoms with van der Waals surface area (Å²) in [6.45, 7) is 3.86. The highest BCUT2D eigenvalue weighted by atomic mass is 32.1. The van der Waals surface area contributed by atoms with Crippen molar-refractivity contribution in [2.45, 2.75) is 19.9 Å². The summed E-state index contributed by atoms with van der Waals surface area (Å²) in [7, 11) is 3.05. The molecule has 4 aromatic rings. The van der Waals surface area contributed by atoms with Gasteiger partial charge in [-0.3, -0.25) is 14.5 Å². The van der Waals surface area contributed by atoms with Crippen LogP contribution in [0.4, 0.5) is 5.13 Å². The molecule has 1 unspecified atom stereocenters. The van der Waals surface area contributed by atoms with E-state index in [0.29, 0.717) is 27.8 Å². The van der Waals surface area contributed by atoms with E-state index >= 15 is 0 Å². The Morgan fingerprint density at radius 2 is 1.64 bits per heavy atom. The predicted molar refractivity (Wildman–Crippen MR) is 140 cm³/mol. The normalized spacial score (nSPS) is 17.1. The number of aliphatic hydroxyl groups excluding tert-OH is 1. The molecule has 1 amide bonds. The number of aryl methyl sites for hydroxylation is 2. The molecule has 5 rings (SSSR count). The molecule has 0 bridgehead atoms. The standard InChI is InChI=1S/C28H24N2O5S/c1-15-6-12-21(35-4)19(13-15)25(31)23-24(17-7-9-18(34-3)10-8-17)30(27(33)26(23)32)28-29-20-11-5-16(2)14-22(20)36-28/h5-14,24,31H,1-4H3/b25-23+. The molecule has 0 spiro atoms. The maximum atomic E-state index is 13.5. The Kier molecular flexibility index (Phi) is 5.97. The van der Waals surface area contributed by atoms with Crippen molar-refractivity contribution in [3.63, 3.8) is 0 Å². The van der Waals surface area contributed by atoms with Crippen LogP contribution in [-0.2, 0) is 9.59 Å². The number of nitrogens with zero attached hydrogens (tertiary/aromatic N) is 2. The lowest BCUT2D eigenvalue weighted by Crippen LogP contribution is -2.29. The average Bonchev–Trinajstić information content (AvgIpc) is 3.41. The number of hydrogen-bond donors (Lipinski definition) is 1. The highest BCUT2D eigenvalue weighted by molar-refractivity contribution is 7.22. The van der Waals surface area contributed by atoms with Gasteiger partial charge in [-0.05, 0) is 61.4 Å². The number of thiazole rings is 1. The summed E-state index contributed by atoms with van der Waals surface area (Å²) < 4.78 is 11.6. The van der Waals surface area contributed by atoms with E-state index in [9.17, 15) is 14.7 Å². The van der Waals surface area contributed by atoms with Gasteiger partial charge in [-0.2, -0.15) is 0 Å². The van der Waals surface area contributed by atoms with Crippen molar-refractivity contribution in [2.24, 2.45) is 0 Å². The van der Waals surface area contributed by atoms with E-state index in [1.54, 1.807) is 43.5 Å². The molecule has 3 aromatic carbocycles. The molecule has 7 nitrogen and oxygen atoms in total. The zero-order valence-corrected chi connectivity index (χ0v) is 21.1. The summed E-state index contributed by atoms with van der Waals surface area (Å²) in [5.41, 5.74) is 3.63. The van der Waals surface area contributed by atoms with Gasteiger partial charge in [-0.1, -0.05) is 41.2 Å². The summed E-state index contributed by atoms with van der Waals surface area (Å²) in [5, 5.41) is 11.9. The van der Waals surface area contributed by atoms with Gasteiger partial charge >= 0.3 is 5.91 Å². The topological polar surface area (TPSA) is 89.0 Å². The Morgan fingerprint density at radius 1 is 0.944 bits per heavy atom. The molecular weight excluding hydrogens is 476 g/mol. The third-order valence-corrected chi connectivity index (χ3v) is 7.24. The van der Waals surface area contributed by atoms with Crippen molar-refractivity contribution in [3.05, 3.63) is 88.5 Å². The first-order chi connectivity index (χ1) is 17.3. The number of hydrogen-bond acceptors (Lipinski definition) is 7. The summed E-state index contributed by atoms with van der Waals surface area (Å²) in [6, 6.07) is 17.3. The molecule has 1 aliphatic heterocycles. The van der Waals surface area contributed by atoms with Gasteiger partial charge in [0.05, 0.1) is 41.6 Å². The first-order valence-corrected chi connectivity index (χ1v) is 12.1. The number of Topliss-reactive ketones (excluding diaryl/α,β-unsaturated/α-hetero) is 1. The van der Waals surface area contributed by atoms with Crippen LogP contribution in [0.25, 0.3) is 16.0 Å². The molecule has 0 radical (unpaired) electrons. The minimum Gasteiger partial charge on any atom is -0.507 e. The second-order valence-corrected chi connectivity index (χ2v) is 9.62. The van der Waals surface area contributed by atoms with E-state index in [1.807, 2.05) is 38.1 Å². The largest absolute Gasteiger partial charge is 0.507 e. The second-order valence-electron chi connectivity index (χ2n) is 8.61. The number of aliphatic hydroxyl groups is 1. The molecule has 1 N–H and O–H groups in total. The number of carbonyl (C=O) groups is 2. The van der Waals surface area contributed by atoms with Crippen LogP contribution in [0, 0.1) is 13.8 Å². The highest BCUT2D eigenvalue weighted by Crippen LogP contribution is 2.45. The number of rotatable bonds is 5. The molecule has 1 saturated heterocycles. The number of fused-ring (bicyclic) bond motifs is 1. The Morgan fingerprint density at radius 3 is 2.33 bits per heavy atom. The SMILES string of the molecule is COc1ccc(C2/C(=C(\O)c3cc(C)ccc3OC)C(=O)C(=O)N2c2nc3ccc(C)cc3s2)cc1.